The molecule has 0 aliphatic carbocycles. The molecular weight excluding hydrogens is 340 g/mol. The number of carbonyl (C=O) groups excluding carboxylic acids is 1. The Morgan fingerprint density at radius 3 is 2.59 bits per heavy atom. The van der Waals surface area contributed by atoms with Gasteiger partial charge in [-0.15, -0.1) is 0 Å². The molecule has 0 unspecified atom stereocenters. The predicted molar refractivity (Wildman–Crippen MR) is 105 cm³/mol. The number of pyridine rings is 1. The second-order valence-electron chi connectivity index (χ2n) is 7.58. The van der Waals surface area contributed by atoms with Crippen molar-refractivity contribution < 1.29 is 14.3 Å². The molecule has 5 heteroatoms. The van der Waals surface area contributed by atoms with Crippen LogP contribution in [0.5, 0.6) is 5.88 Å². The molecule has 27 heavy (non-hydrogen) atoms. The van der Waals surface area contributed by atoms with E-state index in [1.807, 2.05) is 63.2 Å². The van der Waals surface area contributed by atoms with E-state index in [9.17, 15) is 4.79 Å². The Morgan fingerprint density at radius 1 is 1.15 bits per heavy atom. The summed E-state index contributed by atoms with van der Waals surface area (Å²) < 4.78 is 11.2. The van der Waals surface area contributed by atoms with Crippen LogP contribution in [-0.4, -0.2) is 34.7 Å². The van der Waals surface area contributed by atoms with Gasteiger partial charge in [0.1, 0.15) is 12.2 Å². The van der Waals surface area contributed by atoms with Gasteiger partial charge in [-0.25, -0.2) is 9.78 Å². The highest BCUT2D eigenvalue weighted by atomic mass is 16.6. The van der Waals surface area contributed by atoms with Crippen LogP contribution in [0.1, 0.15) is 38.3 Å². The summed E-state index contributed by atoms with van der Waals surface area (Å²) in [5.74, 6) is 0.586. The zero-order valence-corrected chi connectivity index (χ0v) is 16.1. The second kappa shape index (κ2) is 8.25. The fourth-order valence-corrected chi connectivity index (χ4v) is 2.82. The number of amides is 1. The standard InChI is InChI=1S/C22H26N2O3/c1-22(2,3)27-21(25)24-13-7-10-19(15-24)18-11-12-20(23-14-18)26-16-17-8-5-4-6-9-17/h4-6,8-12,14H,7,13,15-16H2,1-3H3. The van der Waals surface area contributed by atoms with Crippen molar-refractivity contribution in [3.05, 3.63) is 65.9 Å². The lowest BCUT2D eigenvalue weighted by molar-refractivity contribution is 0.0273. The van der Waals surface area contributed by atoms with Crippen molar-refractivity contribution in [3.8, 4) is 5.88 Å². The van der Waals surface area contributed by atoms with E-state index < -0.39 is 5.60 Å². The van der Waals surface area contributed by atoms with Gasteiger partial charge in [-0.2, -0.15) is 0 Å². The molecule has 0 radical (unpaired) electrons. The van der Waals surface area contributed by atoms with Gasteiger partial charge in [-0.05, 0) is 50.0 Å². The van der Waals surface area contributed by atoms with E-state index >= 15 is 0 Å². The fourth-order valence-electron chi connectivity index (χ4n) is 2.82. The van der Waals surface area contributed by atoms with Gasteiger partial charge in [-0.3, -0.25) is 0 Å². The average Bonchev–Trinajstić information content (AvgIpc) is 2.66. The summed E-state index contributed by atoms with van der Waals surface area (Å²) in [6, 6.07) is 13.8. The van der Waals surface area contributed by atoms with Crippen LogP contribution in [0.25, 0.3) is 5.57 Å². The first-order valence-electron chi connectivity index (χ1n) is 9.21. The predicted octanol–water partition coefficient (Wildman–Crippen LogP) is 4.68. The average molecular weight is 366 g/mol. The van der Waals surface area contributed by atoms with E-state index in [1.165, 1.54) is 0 Å². The molecule has 5 nitrogen and oxygen atoms in total. The topological polar surface area (TPSA) is 51.7 Å². The van der Waals surface area contributed by atoms with Crippen LogP contribution >= 0.6 is 0 Å². The molecule has 1 aliphatic rings. The van der Waals surface area contributed by atoms with Gasteiger partial charge in [0.25, 0.3) is 0 Å². The Kier molecular flexibility index (Phi) is 5.79. The third-order valence-corrected chi connectivity index (χ3v) is 4.14. The minimum atomic E-state index is -0.488. The highest BCUT2D eigenvalue weighted by Gasteiger charge is 2.24. The summed E-state index contributed by atoms with van der Waals surface area (Å²) in [7, 11) is 0. The Labute approximate surface area is 160 Å². The highest BCUT2D eigenvalue weighted by Crippen LogP contribution is 2.23. The maximum absolute atomic E-state index is 12.3. The molecule has 3 rings (SSSR count). The zero-order chi connectivity index (χ0) is 19.3. The van der Waals surface area contributed by atoms with Gasteiger partial charge >= 0.3 is 6.09 Å². The molecule has 0 bridgehead atoms. The van der Waals surface area contributed by atoms with E-state index in [0.29, 0.717) is 25.6 Å². The van der Waals surface area contributed by atoms with Gasteiger partial charge in [0.05, 0.1) is 0 Å². The van der Waals surface area contributed by atoms with Crippen LogP contribution in [0.4, 0.5) is 4.79 Å². The first kappa shape index (κ1) is 19.0. The van der Waals surface area contributed by atoms with E-state index in [-0.39, 0.29) is 6.09 Å². The monoisotopic (exact) mass is 366 g/mol. The number of rotatable bonds is 4. The Morgan fingerprint density at radius 2 is 1.93 bits per heavy atom. The minimum Gasteiger partial charge on any atom is -0.473 e. The van der Waals surface area contributed by atoms with Crippen LogP contribution in [-0.2, 0) is 11.3 Å². The van der Waals surface area contributed by atoms with Gasteiger partial charge in [0, 0.05) is 25.4 Å². The summed E-state index contributed by atoms with van der Waals surface area (Å²) in [5, 5.41) is 0. The molecule has 2 heterocycles. The van der Waals surface area contributed by atoms with Crippen molar-refractivity contribution in [2.75, 3.05) is 13.1 Å². The number of carbonyl (C=O) groups is 1. The molecule has 2 aromatic rings. The molecule has 142 valence electrons. The molecular formula is C22H26N2O3. The van der Waals surface area contributed by atoms with Gasteiger partial charge in [0.2, 0.25) is 5.88 Å². The largest absolute Gasteiger partial charge is 0.473 e. The van der Waals surface area contributed by atoms with Crippen molar-refractivity contribution in [2.24, 2.45) is 0 Å². The van der Waals surface area contributed by atoms with Crippen LogP contribution in [0, 0.1) is 0 Å². The lowest BCUT2D eigenvalue weighted by Gasteiger charge is -2.30. The molecule has 1 amide bonds. The third-order valence-electron chi connectivity index (χ3n) is 4.14. The Balaban J connectivity index is 1.59. The third kappa shape index (κ3) is 5.58. The number of ether oxygens (including phenoxy) is 2. The molecule has 0 saturated carbocycles. The quantitative estimate of drug-likeness (QED) is 0.788. The maximum atomic E-state index is 12.3. The van der Waals surface area contributed by atoms with E-state index in [0.717, 1.165) is 23.1 Å². The lowest BCUT2D eigenvalue weighted by Crippen LogP contribution is -2.39. The summed E-state index contributed by atoms with van der Waals surface area (Å²) in [6.07, 6.45) is 4.48. The minimum absolute atomic E-state index is 0.274. The second-order valence-corrected chi connectivity index (χ2v) is 7.58. The Bertz CT molecular complexity index is 793. The molecule has 0 atom stereocenters. The molecule has 0 saturated heterocycles. The first-order valence-corrected chi connectivity index (χ1v) is 9.21. The van der Waals surface area contributed by atoms with Crippen molar-refractivity contribution in [1.82, 2.24) is 9.88 Å². The van der Waals surface area contributed by atoms with Gasteiger partial charge in [-0.1, -0.05) is 36.4 Å². The van der Waals surface area contributed by atoms with E-state index in [2.05, 4.69) is 11.1 Å². The van der Waals surface area contributed by atoms with Crippen LogP contribution in [0.2, 0.25) is 0 Å². The van der Waals surface area contributed by atoms with E-state index in [4.69, 9.17) is 9.47 Å². The van der Waals surface area contributed by atoms with Gasteiger partial charge in [0.15, 0.2) is 0 Å². The molecule has 1 aliphatic heterocycles. The number of benzene rings is 1. The van der Waals surface area contributed by atoms with Crippen LogP contribution < -0.4 is 4.74 Å². The number of nitrogens with zero attached hydrogens (tertiary/aromatic N) is 2. The van der Waals surface area contributed by atoms with E-state index in [1.54, 1.807) is 11.1 Å². The molecule has 1 aromatic heterocycles. The maximum Gasteiger partial charge on any atom is 0.410 e. The zero-order valence-electron chi connectivity index (χ0n) is 16.1. The molecule has 0 N–H and O–H groups in total. The van der Waals surface area contributed by atoms with Gasteiger partial charge < -0.3 is 14.4 Å². The van der Waals surface area contributed by atoms with Crippen LogP contribution in [0.15, 0.2) is 54.7 Å². The molecule has 0 fully saturated rings. The lowest BCUT2D eigenvalue weighted by atomic mass is 10.0. The summed E-state index contributed by atoms with van der Waals surface area (Å²) in [5.41, 5.74) is 2.69. The van der Waals surface area contributed by atoms with Crippen molar-refractivity contribution in [3.63, 3.8) is 0 Å². The summed E-state index contributed by atoms with van der Waals surface area (Å²) in [6.45, 7) is 7.32. The SMILES string of the molecule is CC(C)(C)OC(=O)N1CCC=C(c2ccc(OCc3ccccc3)nc2)C1. The normalized spacial score (nSPS) is 14.5. The highest BCUT2D eigenvalue weighted by molar-refractivity contribution is 5.75. The summed E-state index contributed by atoms with van der Waals surface area (Å²) >= 11 is 0. The fraction of sp³-hybridized carbons (Fsp3) is 0.364. The number of hydrogen-bond donors (Lipinski definition) is 0. The van der Waals surface area contributed by atoms with Crippen molar-refractivity contribution >= 4 is 11.7 Å². The molecule has 0 spiro atoms. The smallest absolute Gasteiger partial charge is 0.410 e. The number of hydrogen-bond acceptors (Lipinski definition) is 4. The Hall–Kier alpha value is -2.82. The summed E-state index contributed by atoms with van der Waals surface area (Å²) in [4.78, 5) is 18.4. The molecule has 1 aromatic carbocycles. The van der Waals surface area contributed by atoms with Crippen molar-refractivity contribution in [1.29, 1.82) is 0 Å². The first-order chi connectivity index (χ1) is 12.9. The van der Waals surface area contributed by atoms with Crippen molar-refractivity contribution in [2.45, 2.75) is 39.4 Å². The number of aromatic nitrogens is 1. The van der Waals surface area contributed by atoms with Crippen LogP contribution in [0.3, 0.4) is 0 Å².